The summed E-state index contributed by atoms with van der Waals surface area (Å²) in [6.07, 6.45) is 3.00. The molecule has 0 aliphatic rings. The first-order chi connectivity index (χ1) is 12.6. The van der Waals surface area contributed by atoms with Gasteiger partial charge in [0.05, 0.1) is 12.6 Å². The molecule has 2 aromatic carbocycles. The normalized spacial score (nSPS) is 11.8. The third-order valence-electron chi connectivity index (χ3n) is 3.58. The van der Waals surface area contributed by atoms with Gasteiger partial charge in [-0.15, -0.1) is 0 Å². The molecule has 0 aliphatic carbocycles. The molecular formula is C18H16FIN4O2. The average Bonchev–Trinajstić information content (AvgIpc) is 3.14. The van der Waals surface area contributed by atoms with E-state index in [0.717, 1.165) is 3.57 Å². The summed E-state index contributed by atoms with van der Waals surface area (Å²) >= 11 is 2.18. The molecule has 0 radical (unpaired) electrons. The van der Waals surface area contributed by atoms with Crippen LogP contribution in [-0.2, 0) is 6.54 Å². The Morgan fingerprint density at radius 3 is 2.58 bits per heavy atom. The van der Waals surface area contributed by atoms with Crippen LogP contribution in [0.5, 0.6) is 5.75 Å². The summed E-state index contributed by atoms with van der Waals surface area (Å²) in [6.45, 7) is 0.610. The Hall–Kier alpha value is -2.49. The molecule has 3 rings (SSSR count). The minimum atomic E-state index is -0.339. The van der Waals surface area contributed by atoms with Crippen LogP contribution >= 0.6 is 22.6 Å². The van der Waals surface area contributed by atoms with Crippen LogP contribution in [0.15, 0.2) is 61.2 Å². The van der Waals surface area contributed by atoms with Gasteiger partial charge in [-0.3, -0.25) is 9.48 Å². The van der Waals surface area contributed by atoms with Crippen molar-refractivity contribution in [3.8, 4) is 5.75 Å². The van der Waals surface area contributed by atoms with E-state index in [1.54, 1.807) is 35.3 Å². The van der Waals surface area contributed by atoms with E-state index in [4.69, 9.17) is 4.74 Å². The van der Waals surface area contributed by atoms with Crippen molar-refractivity contribution in [2.45, 2.75) is 12.6 Å². The molecule has 0 bridgehead atoms. The second-order valence-electron chi connectivity index (χ2n) is 5.56. The predicted octanol–water partition coefficient (Wildman–Crippen LogP) is 2.90. The van der Waals surface area contributed by atoms with Gasteiger partial charge in [0.15, 0.2) is 0 Å². The molecule has 1 atom stereocenters. The van der Waals surface area contributed by atoms with Gasteiger partial charge in [0.2, 0.25) is 0 Å². The van der Waals surface area contributed by atoms with Crippen LogP contribution in [0.3, 0.4) is 0 Å². The lowest BCUT2D eigenvalue weighted by molar-refractivity contribution is 0.0914. The molecule has 1 amide bonds. The molecule has 1 unspecified atom stereocenters. The fourth-order valence-electron chi connectivity index (χ4n) is 2.29. The summed E-state index contributed by atoms with van der Waals surface area (Å²) in [5.74, 6) is -0.00347. The first-order valence-corrected chi connectivity index (χ1v) is 8.95. The number of carbonyl (C=O) groups is 1. The van der Waals surface area contributed by atoms with E-state index in [-0.39, 0.29) is 24.4 Å². The van der Waals surface area contributed by atoms with Gasteiger partial charge >= 0.3 is 0 Å². The average molecular weight is 466 g/mol. The van der Waals surface area contributed by atoms with E-state index in [2.05, 4.69) is 38.0 Å². The molecule has 134 valence electrons. The molecule has 6 nitrogen and oxygen atoms in total. The van der Waals surface area contributed by atoms with E-state index in [0.29, 0.717) is 17.9 Å². The Morgan fingerprint density at radius 2 is 1.92 bits per heavy atom. The Labute approximate surface area is 163 Å². The molecule has 1 heterocycles. The predicted molar refractivity (Wildman–Crippen MR) is 102 cm³/mol. The summed E-state index contributed by atoms with van der Waals surface area (Å²) in [7, 11) is 0. The number of nitrogens with zero attached hydrogens (tertiary/aromatic N) is 3. The highest BCUT2D eigenvalue weighted by Gasteiger charge is 2.16. The highest BCUT2D eigenvalue weighted by Crippen LogP contribution is 2.12. The number of rotatable bonds is 7. The number of amides is 1. The van der Waals surface area contributed by atoms with Gasteiger partial charge in [0.1, 0.15) is 30.8 Å². The summed E-state index contributed by atoms with van der Waals surface area (Å²) in [5.41, 5.74) is 0.566. The molecule has 8 heteroatoms. The van der Waals surface area contributed by atoms with Crippen LogP contribution in [0, 0.1) is 9.39 Å². The van der Waals surface area contributed by atoms with Crippen LogP contribution in [0.4, 0.5) is 4.39 Å². The van der Waals surface area contributed by atoms with Crippen LogP contribution in [0.1, 0.15) is 10.4 Å². The maximum Gasteiger partial charge on any atom is 0.251 e. The highest BCUT2D eigenvalue weighted by atomic mass is 127. The van der Waals surface area contributed by atoms with E-state index in [9.17, 15) is 9.18 Å². The number of halogens is 2. The fraction of sp³-hybridized carbons (Fsp3) is 0.167. The molecule has 1 N–H and O–H groups in total. The minimum absolute atomic E-state index is 0.200. The number of ether oxygens (including phenoxy) is 1. The van der Waals surface area contributed by atoms with Crippen molar-refractivity contribution in [3.05, 3.63) is 76.1 Å². The molecule has 3 aromatic rings. The molecule has 0 aliphatic heterocycles. The molecule has 0 spiro atoms. The maximum absolute atomic E-state index is 13.0. The summed E-state index contributed by atoms with van der Waals surface area (Å²) in [5, 5.41) is 7.01. The zero-order chi connectivity index (χ0) is 18.4. The monoisotopic (exact) mass is 466 g/mol. The quantitative estimate of drug-likeness (QED) is 0.544. The molecule has 0 fully saturated rings. The number of nitrogens with one attached hydrogen (secondary N) is 1. The number of hydrogen-bond acceptors (Lipinski definition) is 4. The number of hydrogen-bond donors (Lipinski definition) is 1. The third-order valence-corrected chi connectivity index (χ3v) is 4.30. The molecule has 0 saturated heterocycles. The largest absolute Gasteiger partial charge is 0.491 e. The van der Waals surface area contributed by atoms with Gasteiger partial charge in [0, 0.05) is 9.13 Å². The number of aromatic nitrogens is 3. The minimum Gasteiger partial charge on any atom is -0.491 e. The van der Waals surface area contributed by atoms with E-state index in [1.165, 1.54) is 18.5 Å². The molecule has 1 aromatic heterocycles. The van der Waals surface area contributed by atoms with Crippen molar-refractivity contribution in [2.24, 2.45) is 0 Å². The fourth-order valence-corrected chi connectivity index (χ4v) is 2.65. The summed E-state index contributed by atoms with van der Waals surface area (Å²) < 4.78 is 21.3. The second kappa shape index (κ2) is 8.75. The van der Waals surface area contributed by atoms with Crippen LogP contribution < -0.4 is 10.1 Å². The van der Waals surface area contributed by atoms with Gasteiger partial charge in [0.25, 0.3) is 5.91 Å². The molecular weight excluding hydrogens is 450 g/mol. The Balaban J connectivity index is 1.66. The zero-order valence-corrected chi connectivity index (χ0v) is 15.8. The summed E-state index contributed by atoms with van der Waals surface area (Å²) in [4.78, 5) is 16.4. The van der Waals surface area contributed by atoms with E-state index in [1.807, 2.05) is 12.1 Å². The van der Waals surface area contributed by atoms with Crippen molar-refractivity contribution in [1.29, 1.82) is 0 Å². The van der Waals surface area contributed by atoms with Crippen LogP contribution in [-0.4, -0.2) is 33.3 Å². The number of benzene rings is 2. The van der Waals surface area contributed by atoms with E-state index < -0.39 is 0 Å². The Morgan fingerprint density at radius 1 is 1.19 bits per heavy atom. The standard InChI is InChI=1S/C18H16FIN4O2/c19-14-3-7-17(8-4-14)26-10-16(9-24-12-21-11-22-24)23-18(25)13-1-5-15(20)6-2-13/h1-8,11-12,16H,9-10H2,(H,23,25). The Kier molecular flexibility index (Phi) is 6.16. The third kappa shape index (κ3) is 5.25. The van der Waals surface area contributed by atoms with Crippen LogP contribution in [0.2, 0.25) is 0 Å². The second-order valence-corrected chi connectivity index (χ2v) is 6.81. The molecule has 26 heavy (non-hydrogen) atoms. The van der Waals surface area contributed by atoms with Gasteiger partial charge in [-0.1, -0.05) is 0 Å². The SMILES string of the molecule is O=C(NC(COc1ccc(F)cc1)Cn1cncn1)c1ccc(I)cc1. The first kappa shape index (κ1) is 18.3. The first-order valence-electron chi connectivity index (χ1n) is 7.87. The lowest BCUT2D eigenvalue weighted by atomic mass is 10.2. The van der Waals surface area contributed by atoms with Crippen LogP contribution in [0.25, 0.3) is 0 Å². The van der Waals surface area contributed by atoms with Gasteiger partial charge in [-0.25, -0.2) is 9.37 Å². The van der Waals surface area contributed by atoms with Crippen molar-refractivity contribution in [1.82, 2.24) is 20.1 Å². The van der Waals surface area contributed by atoms with Crippen molar-refractivity contribution in [3.63, 3.8) is 0 Å². The Bertz CT molecular complexity index is 839. The maximum atomic E-state index is 13.0. The lowest BCUT2D eigenvalue weighted by Gasteiger charge is -2.19. The van der Waals surface area contributed by atoms with Gasteiger partial charge < -0.3 is 10.1 Å². The van der Waals surface area contributed by atoms with Gasteiger partial charge in [-0.2, -0.15) is 5.10 Å². The molecule has 0 saturated carbocycles. The summed E-state index contributed by atoms with van der Waals surface area (Å²) in [6, 6.07) is 12.7. The van der Waals surface area contributed by atoms with Crippen molar-refractivity contribution >= 4 is 28.5 Å². The number of carbonyl (C=O) groups excluding carboxylic acids is 1. The van der Waals surface area contributed by atoms with Gasteiger partial charge in [-0.05, 0) is 71.1 Å². The zero-order valence-electron chi connectivity index (χ0n) is 13.7. The smallest absolute Gasteiger partial charge is 0.251 e. The highest BCUT2D eigenvalue weighted by molar-refractivity contribution is 14.1. The van der Waals surface area contributed by atoms with Crippen molar-refractivity contribution < 1.29 is 13.9 Å². The van der Waals surface area contributed by atoms with E-state index >= 15 is 0 Å². The van der Waals surface area contributed by atoms with Crippen molar-refractivity contribution in [2.75, 3.05) is 6.61 Å². The lowest BCUT2D eigenvalue weighted by Crippen LogP contribution is -2.42. The topological polar surface area (TPSA) is 69.0 Å².